The molecule has 0 heterocycles. The first-order valence-electron chi connectivity index (χ1n) is 4.05. The van der Waals surface area contributed by atoms with E-state index in [-0.39, 0.29) is 0 Å². The first-order valence-corrected chi connectivity index (χ1v) is 4.05. The van der Waals surface area contributed by atoms with Crippen LogP contribution in [0.1, 0.15) is 32.6 Å². The highest BCUT2D eigenvalue weighted by atomic mass is 15.0. The molecule has 0 aliphatic heterocycles. The Balaban J connectivity index is 0. The monoisotopic (exact) mass is 144 g/mol. The third-order valence-corrected chi connectivity index (χ3v) is 0.854. The molecule has 0 N–H and O–H groups in total. The maximum absolute atomic E-state index is 3.72. The average molecular weight is 144 g/mol. The molecular formula is C9H22N. The quantitative estimate of drug-likeness (QED) is 0.550. The lowest BCUT2D eigenvalue weighted by atomic mass is 10.2. The molecule has 1 heteroatoms. The minimum absolute atomic E-state index is 1.10. The molecule has 1 radical (unpaired) electrons. The summed E-state index contributed by atoms with van der Waals surface area (Å²) in [6.45, 7) is 5.93. The van der Waals surface area contributed by atoms with Crippen molar-refractivity contribution in [1.82, 2.24) is 4.90 Å². The molecule has 0 saturated carbocycles. The standard InChI is InChI=1S/C6H13.C3H9N/c1-3-5-6-4-2;1-4(2)3/h1,3-6H2,2H3;1-3H3. The highest BCUT2D eigenvalue weighted by Gasteiger charge is 1.75. The van der Waals surface area contributed by atoms with E-state index in [0.29, 0.717) is 0 Å². The molecule has 0 saturated heterocycles. The van der Waals surface area contributed by atoms with Gasteiger partial charge in [0.1, 0.15) is 0 Å². The number of hydrogen-bond donors (Lipinski definition) is 0. The Kier molecular flexibility index (Phi) is 14.8. The van der Waals surface area contributed by atoms with Gasteiger partial charge in [-0.05, 0) is 21.1 Å². The average Bonchev–Trinajstić information content (AvgIpc) is 1.82. The van der Waals surface area contributed by atoms with Gasteiger partial charge in [-0.3, -0.25) is 0 Å². The van der Waals surface area contributed by atoms with Gasteiger partial charge in [0.2, 0.25) is 0 Å². The van der Waals surface area contributed by atoms with Crippen LogP contribution in [0.5, 0.6) is 0 Å². The maximum Gasteiger partial charge on any atom is -0.0140 e. The van der Waals surface area contributed by atoms with Gasteiger partial charge in [0, 0.05) is 0 Å². The molecule has 0 aromatic rings. The number of rotatable bonds is 3. The SMILES string of the molecule is CN(C)C.[CH2]CCCCC. The molecule has 0 rings (SSSR count). The normalized spacial score (nSPS) is 9.00. The molecule has 63 valence electrons. The molecule has 0 aliphatic carbocycles. The van der Waals surface area contributed by atoms with Gasteiger partial charge in [0.05, 0.1) is 0 Å². The van der Waals surface area contributed by atoms with Crippen molar-refractivity contribution < 1.29 is 0 Å². The predicted octanol–water partition coefficient (Wildman–Crippen LogP) is 2.58. The topological polar surface area (TPSA) is 3.24 Å². The maximum atomic E-state index is 3.72. The Morgan fingerprint density at radius 3 is 1.60 bits per heavy atom. The van der Waals surface area contributed by atoms with Gasteiger partial charge in [-0.2, -0.15) is 0 Å². The van der Waals surface area contributed by atoms with Crippen molar-refractivity contribution in [3.05, 3.63) is 6.92 Å². The molecule has 0 aromatic carbocycles. The van der Waals surface area contributed by atoms with E-state index in [4.69, 9.17) is 0 Å². The van der Waals surface area contributed by atoms with Crippen molar-refractivity contribution in [2.45, 2.75) is 32.6 Å². The van der Waals surface area contributed by atoms with Crippen LogP contribution in [0.4, 0.5) is 0 Å². The summed E-state index contributed by atoms with van der Waals surface area (Å²) in [5.74, 6) is 0. The summed E-state index contributed by atoms with van der Waals surface area (Å²) in [4.78, 5) is 2.00. The zero-order chi connectivity index (χ0) is 8.41. The predicted molar refractivity (Wildman–Crippen MR) is 49.1 cm³/mol. The van der Waals surface area contributed by atoms with Gasteiger partial charge < -0.3 is 4.90 Å². The molecule has 0 bridgehead atoms. The van der Waals surface area contributed by atoms with Gasteiger partial charge in [0.15, 0.2) is 0 Å². The fourth-order valence-corrected chi connectivity index (χ4v) is 0.427. The summed E-state index contributed by atoms with van der Waals surface area (Å²) >= 11 is 0. The van der Waals surface area contributed by atoms with Crippen LogP contribution in [0.25, 0.3) is 0 Å². The second kappa shape index (κ2) is 11.7. The molecule has 0 atom stereocenters. The fourth-order valence-electron chi connectivity index (χ4n) is 0.427. The highest BCUT2D eigenvalue weighted by Crippen LogP contribution is 1.95. The lowest BCUT2D eigenvalue weighted by Gasteiger charge is -1.90. The van der Waals surface area contributed by atoms with Gasteiger partial charge in [-0.1, -0.05) is 39.5 Å². The van der Waals surface area contributed by atoms with E-state index < -0.39 is 0 Å². The van der Waals surface area contributed by atoms with E-state index in [1.54, 1.807) is 0 Å². The Hall–Kier alpha value is -0.0400. The minimum atomic E-state index is 1.10. The van der Waals surface area contributed by atoms with Gasteiger partial charge in [0.25, 0.3) is 0 Å². The summed E-state index contributed by atoms with van der Waals surface area (Å²) in [6, 6.07) is 0. The molecule has 0 aromatic heterocycles. The number of unbranched alkanes of at least 4 members (excludes halogenated alkanes) is 3. The van der Waals surface area contributed by atoms with Crippen LogP contribution in [-0.2, 0) is 0 Å². The zero-order valence-corrected chi connectivity index (χ0v) is 7.98. The minimum Gasteiger partial charge on any atom is -0.312 e. The third kappa shape index (κ3) is 44.0. The van der Waals surface area contributed by atoms with Gasteiger partial charge >= 0.3 is 0 Å². The fraction of sp³-hybridized carbons (Fsp3) is 0.889. The third-order valence-electron chi connectivity index (χ3n) is 0.854. The molecule has 0 aliphatic rings. The molecule has 0 unspecified atom stereocenters. The molecule has 0 amide bonds. The van der Waals surface area contributed by atoms with Crippen molar-refractivity contribution >= 4 is 0 Å². The summed E-state index contributed by atoms with van der Waals surface area (Å²) in [5.41, 5.74) is 0. The van der Waals surface area contributed by atoms with E-state index in [2.05, 4.69) is 13.8 Å². The zero-order valence-electron chi connectivity index (χ0n) is 7.98. The summed E-state index contributed by atoms with van der Waals surface area (Å²) in [6.07, 6.45) is 5.07. The van der Waals surface area contributed by atoms with E-state index >= 15 is 0 Å². The summed E-state index contributed by atoms with van der Waals surface area (Å²) in [7, 11) is 6.00. The van der Waals surface area contributed by atoms with Crippen LogP contribution >= 0.6 is 0 Å². The van der Waals surface area contributed by atoms with E-state index in [1.807, 2.05) is 26.0 Å². The van der Waals surface area contributed by atoms with Crippen LogP contribution in [0, 0.1) is 6.92 Å². The molecule has 10 heavy (non-hydrogen) atoms. The van der Waals surface area contributed by atoms with Crippen LogP contribution in [0.2, 0.25) is 0 Å². The molecular weight excluding hydrogens is 122 g/mol. The van der Waals surface area contributed by atoms with E-state index in [1.165, 1.54) is 19.3 Å². The first-order chi connectivity index (χ1) is 4.65. The second-order valence-corrected chi connectivity index (χ2v) is 2.90. The van der Waals surface area contributed by atoms with Crippen molar-refractivity contribution in [3.8, 4) is 0 Å². The van der Waals surface area contributed by atoms with Gasteiger partial charge in [-0.25, -0.2) is 0 Å². The highest BCUT2D eigenvalue weighted by molar-refractivity contribution is 4.38. The first kappa shape index (κ1) is 12.6. The molecule has 1 nitrogen and oxygen atoms in total. The Bertz CT molecular complexity index is 35.2. The van der Waals surface area contributed by atoms with Crippen LogP contribution in [0.15, 0.2) is 0 Å². The van der Waals surface area contributed by atoms with Crippen LogP contribution in [0.3, 0.4) is 0 Å². The Morgan fingerprint density at radius 1 is 1.10 bits per heavy atom. The van der Waals surface area contributed by atoms with Crippen molar-refractivity contribution in [3.63, 3.8) is 0 Å². The van der Waals surface area contributed by atoms with Crippen molar-refractivity contribution in [2.24, 2.45) is 0 Å². The van der Waals surface area contributed by atoms with E-state index in [9.17, 15) is 0 Å². The number of nitrogens with zero attached hydrogens (tertiary/aromatic N) is 1. The van der Waals surface area contributed by atoms with Crippen molar-refractivity contribution in [2.75, 3.05) is 21.1 Å². The smallest absolute Gasteiger partial charge is 0.0140 e. The molecule has 0 fully saturated rings. The molecule has 0 spiro atoms. The largest absolute Gasteiger partial charge is 0.312 e. The Labute approximate surface area is 66.4 Å². The van der Waals surface area contributed by atoms with Gasteiger partial charge in [-0.15, -0.1) is 0 Å². The van der Waals surface area contributed by atoms with Crippen LogP contribution in [-0.4, -0.2) is 26.0 Å². The lowest BCUT2D eigenvalue weighted by Crippen LogP contribution is -1.99. The second-order valence-electron chi connectivity index (χ2n) is 2.90. The summed E-state index contributed by atoms with van der Waals surface area (Å²) < 4.78 is 0. The number of hydrogen-bond acceptors (Lipinski definition) is 1. The lowest BCUT2D eigenvalue weighted by molar-refractivity contribution is 0.505. The van der Waals surface area contributed by atoms with Crippen LogP contribution < -0.4 is 0 Å². The Morgan fingerprint density at radius 2 is 1.50 bits per heavy atom. The van der Waals surface area contributed by atoms with E-state index in [0.717, 1.165) is 6.42 Å². The van der Waals surface area contributed by atoms with Crippen molar-refractivity contribution in [1.29, 1.82) is 0 Å². The summed E-state index contributed by atoms with van der Waals surface area (Å²) in [5, 5.41) is 0.